The molecule has 0 bridgehead atoms. The molecule has 1 aromatic heterocycles. The molecule has 0 spiro atoms. The molecular weight excluding hydrogens is 152 g/mol. The van der Waals surface area contributed by atoms with Gasteiger partial charge in [-0.15, -0.1) is 0 Å². The summed E-state index contributed by atoms with van der Waals surface area (Å²) >= 11 is 0. The Kier molecular flexibility index (Phi) is 1.34. The lowest BCUT2D eigenvalue weighted by Crippen LogP contribution is -2.32. The van der Waals surface area contributed by atoms with Gasteiger partial charge in [-0.3, -0.25) is 0 Å². The van der Waals surface area contributed by atoms with Crippen molar-refractivity contribution in [2.75, 3.05) is 11.5 Å². The zero-order valence-corrected chi connectivity index (χ0v) is 5.35. The van der Waals surface area contributed by atoms with Crippen LogP contribution in [0.5, 0.6) is 11.9 Å². The molecule has 60 valence electrons. The van der Waals surface area contributed by atoms with Crippen LogP contribution in [0, 0.1) is 5.21 Å². The Morgan fingerprint density at radius 3 is 2.45 bits per heavy atom. The average molecular weight is 158 g/mol. The van der Waals surface area contributed by atoms with Gasteiger partial charge in [0.2, 0.25) is 0 Å². The summed E-state index contributed by atoms with van der Waals surface area (Å²) in [4.78, 5) is 2.99. The molecular formula is C4H6N4O3. The molecule has 0 aliphatic heterocycles. The summed E-state index contributed by atoms with van der Waals surface area (Å²) in [6.07, 6.45) is 0. The van der Waals surface area contributed by atoms with Crippen molar-refractivity contribution < 1.29 is 14.9 Å². The minimum Gasteiger partial charge on any atom is -0.738 e. The third-order valence-electron chi connectivity index (χ3n) is 1.12. The van der Waals surface area contributed by atoms with Crippen LogP contribution < -0.4 is 16.2 Å². The minimum absolute atomic E-state index is 0.0882. The van der Waals surface area contributed by atoms with E-state index in [1.165, 1.54) is 0 Å². The van der Waals surface area contributed by atoms with Gasteiger partial charge >= 0.3 is 11.9 Å². The molecule has 0 amide bonds. The predicted octanol–water partition coefficient (Wildman–Crippen LogP) is -1.71. The van der Waals surface area contributed by atoms with Gasteiger partial charge in [0.15, 0.2) is 5.69 Å². The molecule has 1 aromatic rings. The summed E-state index contributed by atoms with van der Waals surface area (Å²) in [5, 5.41) is 28.1. The molecule has 0 aliphatic rings. The smallest absolute Gasteiger partial charge is 0.435 e. The summed E-state index contributed by atoms with van der Waals surface area (Å²) in [5.41, 5.74) is 9.78. The second-order valence-electron chi connectivity index (χ2n) is 1.83. The highest BCUT2D eigenvalue weighted by molar-refractivity contribution is 5.61. The normalized spacial score (nSPS) is 9.82. The highest BCUT2D eigenvalue weighted by Crippen LogP contribution is 2.21. The highest BCUT2D eigenvalue weighted by atomic mass is 16.5. The Morgan fingerprint density at radius 1 is 1.36 bits per heavy atom. The van der Waals surface area contributed by atoms with Crippen LogP contribution in [0.4, 0.5) is 11.5 Å². The van der Waals surface area contributed by atoms with Gasteiger partial charge in [0.1, 0.15) is 0 Å². The van der Waals surface area contributed by atoms with E-state index in [4.69, 9.17) is 21.7 Å². The quantitative estimate of drug-likeness (QED) is 0.262. The fourth-order valence-corrected chi connectivity index (χ4v) is 0.532. The van der Waals surface area contributed by atoms with Gasteiger partial charge in [0.05, 0.1) is 0 Å². The van der Waals surface area contributed by atoms with Crippen LogP contribution in [0.25, 0.3) is 0 Å². The Balaban J connectivity index is 3.46. The van der Waals surface area contributed by atoms with Crippen LogP contribution in [0.2, 0.25) is 0 Å². The maximum atomic E-state index is 10.6. The van der Waals surface area contributed by atoms with Crippen LogP contribution >= 0.6 is 0 Å². The lowest BCUT2D eigenvalue weighted by molar-refractivity contribution is -0.601. The first kappa shape index (κ1) is 7.19. The van der Waals surface area contributed by atoms with E-state index in [0.29, 0.717) is 0 Å². The Labute approximate surface area is 61.1 Å². The largest absolute Gasteiger partial charge is 0.738 e. The molecule has 0 unspecified atom stereocenters. The zero-order valence-electron chi connectivity index (χ0n) is 5.35. The molecule has 7 heteroatoms. The number of aromatic nitrogens is 2. The lowest BCUT2D eigenvalue weighted by atomic mass is 10.5. The maximum absolute atomic E-state index is 10.6. The summed E-state index contributed by atoms with van der Waals surface area (Å²) in [7, 11) is 0. The molecule has 1 rings (SSSR count). The van der Waals surface area contributed by atoms with E-state index >= 15 is 0 Å². The van der Waals surface area contributed by atoms with E-state index in [-0.39, 0.29) is 10.4 Å². The minimum atomic E-state index is -0.936. The van der Waals surface area contributed by atoms with E-state index in [0.717, 1.165) is 0 Å². The first-order valence-corrected chi connectivity index (χ1v) is 2.60. The van der Waals surface area contributed by atoms with Gasteiger partial charge in [0, 0.05) is 0 Å². The van der Waals surface area contributed by atoms with Crippen molar-refractivity contribution in [2.24, 2.45) is 0 Å². The molecule has 0 saturated carbocycles. The Bertz CT molecular complexity index is 274. The first-order chi connectivity index (χ1) is 5.04. The van der Waals surface area contributed by atoms with Crippen LogP contribution in [0.15, 0.2) is 0 Å². The summed E-state index contributed by atoms with van der Waals surface area (Å²) in [6.45, 7) is 0. The molecule has 0 radical (unpaired) electrons. The van der Waals surface area contributed by atoms with Crippen LogP contribution in [-0.4, -0.2) is 15.2 Å². The maximum Gasteiger partial charge on any atom is 0.435 e. The van der Waals surface area contributed by atoms with Gasteiger partial charge in [-0.05, 0) is 4.98 Å². The van der Waals surface area contributed by atoms with Crippen LogP contribution in [-0.2, 0) is 0 Å². The number of nitrogens with zero attached hydrogens (tertiary/aromatic N) is 2. The van der Waals surface area contributed by atoms with Crippen molar-refractivity contribution in [3.05, 3.63) is 5.21 Å². The van der Waals surface area contributed by atoms with E-state index < -0.39 is 17.7 Å². The van der Waals surface area contributed by atoms with Gasteiger partial charge in [-0.1, -0.05) is 0 Å². The number of anilines is 2. The first-order valence-electron chi connectivity index (χ1n) is 2.60. The molecule has 0 aromatic carbocycles. The molecule has 1 heterocycles. The molecule has 7 nitrogen and oxygen atoms in total. The SMILES string of the molecule is Nc1c(O)nc(O)[n+]([O-])c1N. The second kappa shape index (κ2) is 2.04. The third kappa shape index (κ3) is 0.914. The third-order valence-corrected chi connectivity index (χ3v) is 1.12. The van der Waals surface area contributed by atoms with Crippen LogP contribution in [0.1, 0.15) is 0 Å². The molecule has 0 aliphatic carbocycles. The Hall–Kier alpha value is -1.92. The van der Waals surface area contributed by atoms with E-state index in [1.54, 1.807) is 0 Å². The van der Waals surface area contributed by atoms with E-state index in [9.17, 15) is 5.21 Å². The average Bonchev–Trinajstić information content (AvgIpc) is 1.97. The van der Waals surface area contributed by atoms with Gasteiger partial charge in [0.25, 0.3) is 5.82 Å². The number of aromatic hydroxyl groups is 2. The van der Waals surface area contributed by atoms with Crippen molar-refractivity contribution in [3.63, 3.8) is 0 Å². The lowest BCUT2D eigenvalue weighted by Gasteiger charge is -2.07. The van der Waals surface area contributed by atoms with Gasteiger partial charge < -0.3 is 26.9 Å². The number of rotatable bonds is 0. The van der Waals surface area contributed by atoms with Gasteiger partial charge in [-0.2, -0.15) is 0 Å². The number of hydrogen-bond acceptors (Lipinski definition) is 6. The fourth-order valence-electron chi connectivity index (χ4n) is 0.532. The van der Waals surface area contributed by atoms with E-state index in [2.05, 4.69) is 4.98 Å². The Morgan fingerprint density at radius 2 is 1.91 bits per heavy atom. The summed E-state index contributed by atoms with van der Waals surface area (Å²) in [6, 6.07) is -0.936. The predicted molar refractivity (Wildman–Crippen MR) is 35.4 cm³/mol. The van der Waals surface area contributed by atoms with Gasteiger partial charge in [-0.25, -0.2) is 4.73 Å². The molecule has 6 N–H and O–H groups in total. The highest BCUT2D eigenvalue weighted by Gasteiger charge is 2.15. The van der Waals surface area contributed by atoms with Crippen molar-refractivity contribution >= 4 is 11.5 Å². The molecule has 11 heavy (non-hydrogen) atoms. The second-order valence-corrected chi connectivity index (χ2v) is 1.83. The van der Waals surface area contributed by atoms with E-state index in [1.807, 2.05) is 0 Å². The van der Waals surface area contributed by atoms with Crippen LogP contribution in [0.3, 0.4) is 0 Å². The van der Waals surface area contributed by atoms with Crippen molar-refractivity contribution in [2.45, 2.75) is 0 Å². The molecule has 0 atom stereocenters. The van der Waals surface area contributed by atoms with Crippen molar-refractivity contribution in [1.29, 1.82) is 0 Å². The fraction of sp³-hybridized carbons (Fsp3) is 0. The molecule has 0 fully saturated rings. The number of nitrogens with two attached hydrogens (primary N) is 2. The number of nitrogen functional groups attached to an aromatic ring is 2. The molecule has 0 saturated heterocycles. The standard InChI is InChI=1S/C4H6N4O3/c5-1-2(6)8(11)4(10)7-3(1)9/h5-6H2,(H2,7,9,10). The monoisotopic (exact) mass is 158 g/mol. The topological polar surface area (TPSA) is 132 Å². The number of hydrogen-bond donors (Lipinski definition) is 4. The zero-order chi connectivity index (χ0) is 8.59. The summed E-state index contributed by atoms with van der Waals surface area (Å²) in [5.74, 6) is -1.14. The van der Waals surface area contributed by atoms with Crippen molar-refractivity contribution in [1.82, 2.24) is 4.98 Å². The summed E-state index contributed by atoms with van der Waals surface area (Å²) < 4.78 is -0.0882. The van der Waals surface area contributed by atoms with Crippen molar-refractivity contribution in [3.8, 4) is 11.9 Å².